The van der Waals surface area contributed by atoms with Crippen molar-refractivity contribution in [3.8, 4) is 0 Å². The molecule has 0 aliphatic rings. The number of furan rings is 1. The van der Waals surface area contributed by atoms with Crippen LogP contribution in [0, 0.1) is 6.92 Å². The Labute approximate surface area is 80.1 Å². The molecular weight excluding hydrogens is 192 g/mol. The van der Waals surface area contributed by atoms with E-state index in [9.17, 15) is 4.79 Å². The maximum atomic E-state index is 10.9. The highest BCUT2D eigenvalue weighted by Gasteiger charge is 2.03. The van der Waals surface area contributed by atoms with E-state index >= 15 is 0 Å². The topological polar surface area (TPSA) is 30.2 Å². The molecule has 0 radical (unpaired) electrons. The van der Waals surface area contributed by atoms with Crippen LogP contribution < -0.4 is 0 Å². The highest BCUT2D eigenvalue weighted by atomic mass is 32.2. The van der Waals surface area contributed by atoms with Gasteiger partial charge in [-0.3, -0.25) is 4.79 Å². The first kappa shape index (κ1) is 9.74. The van der Waals surface area contributed by atoms with Gasteiger partial charge in [0.05, 0.1) is 5.75 Å². The fraction of sp³-hybridized carbons (Fsp3) is 0.375. The smallest absolute Gasteiger partial charge is 0.246 e. The molecule has 0 bridgehead atoms. The van der Waals surface area contributed by atoms with E-state index in [4.69, 9.17) is 4.42 Å². The number of hydrogen-bond acceptors (Lipinski definition) is 4. The predicted molar refractivity (Wildman–Crippen MR) is 53.7 cm³/mol. The summed E-state index contributed by atoms with van der Waals surface area (Å²) in [7, 11) is 0. The molecule has 1 aromatic heterocycles. The fourth-order valence-electron chi connectivity index (χ4n) is 0.752. The SMILES string of the molecule is CSC(=O)SCc1ccc(C)o1. The van der Waals surface area contributed by atoms with Crippen molar-refractivity contribution in [2.75, 3.05) is 6.26 Å². The van der Waals surface area contributed by atoms with Crippen LogP contribution in [0.25, 0.3) is 0 Å². The molecule has 0 aliphatic heterocycles. The zero-order valence-corrected chi connectivity index (χ0v) is 8.63. The second-order valence-electron chi connectivity index (χ2n) is 2.26. The summed E-state index contributed by atoms with van der Waals surface area (Å²) in [6.45, 7) is 1.89. The van der Waals surface area contributed by atoms with Crippen LogP contribution in [0.2, 0.25) is 0 Å². The lowest BCUT2D eigenvalue weighted by molar-refractivity contribution is 0.276. The molecule has 0 aromatic carbocycles. The highest BCUT2D eigenvalue weighted by Crippen LogP contribution is 2.20. The Kier molecular flexibility index (Phi) is 3.75. The summed E-state index contributed by atoms with van der Waals surface area (Å²) < 4.78 is 5.42. The molecule has 1 heterocycles. The van der Waals surface area contributed by atoms with E-state index in [1.54, 1.807) is 6.26 Å². The average molecular weight is 202 g/mol. The number of thioether (sulfide) groups is 2. The van der Waals surface area contributed by atoms with Crippen LogP contribution in [-0.2, 0) is 5.75 Å². The largest absolute Gasteiger partial charge is 0.465 e. The first-order valence-electron chi connectivity index (χ1n) is 3.48. The van der Waals surface area contributed by atoms with Crippen LogP contribution in [0.1, 0.15) is 11.5 Å². The Morgan fingerprint density at radius 1 is 1.58 bits per heavy atom. The summed E-state index contributed by atoms with van der Waals surface area (Å²) in [5, 5.41) is 0. The van der Waals surface area contributed by atoms with Crippen LogP contribution in [-0.4, -0.2) is 10.7 Å². The summed E-state index contributed by atoms with van der Waals surface area (Å²) in [5.74, 6) is 2.38. The second kappa shape index (κ2) is 4.62. The molecule has 4 heteroatoms. The van der Waals surface area contributed by atoms with Crippen LogP contribution >= 0.6 is 23.5 Å². The monoisotopic (exact) mass is 202 g/mol. The van der Waals surface area contributed by atoms with Crippen LogP contribution in [0.15, 0.2) is 16.5 Å². The molecule has 0 aliphatic carbocycles. The summed E-state index contributed by atoms with van der Waals surface area (Å²) in [6.07, 6.45) is 1.78. The Balaban J connectivity index is 2.38. The van der Waals surface area contributed by atoms with Gasteiger partial charge in [-0.05, 0) is 25.3 Å². The van der Waals surface area contributed by atoms with Crippen molar-refractivity contribution in [1.29, 1.82) is 0 Å². The number of carbonyl (C=O) groups excluding carboxylic acids is 1. The van der Waals surface area contributed by atoms with Gasteiger partial charge in [-0.15, -0.1) is 0 Å². The number of hydrogen-bond donors (Lipinski definition) is 0. The number of rotatable bonds is 2. The normalized spacial score (nSPS) is 10.2. The van der Waals surface area contributed by atoms with Crippen molar-refractivity contribution < 1.29 is 9.21 Å². The zero-order valence-electron chi connectivity index (χ0n) is 6.99. The molecule has 2 nitrogen and oxygen atoms in total. The lowest BCUT2D eigenvalue weighted by atomic mass is 10.5. The number of aryl methyl sites for hydroxylation is 1. The van der Waals surface area contributed by atoms with Crippen molar-refractivity contribution in [2.24, 2.45) is 0 Å². The summed E-state index contributed by atoms with van der Waals surface area (Å²) in [4.78, 5) is 10.9. The number of carbonyl (C=O) groups is 1. The van der Waals surface area contributed by atoms with Gasteiger partial charge < -0.3 is 4.42 Å². The molecule has 1 rings (SSSR count). The minimum atomic E-state index is 0.129. The first-order valence-corrected chi connectivity index (χ1v) is 5.69. The van der Waals surface area contributed by atoms with Gasteiger partial charge in [0.25, 0.3) is 0 Å². The molecule has 0 unspecified atom stereocenters. The van der Waals surface area contributed by atoms with Crippen molar-refractivity contribution in [3.63, 3.8) is 0 Å². The summed E-state index contributed by atoms with van der Waals surface area (Å²) in [6, 6.07) is 3.80. The highest BCUT2D eigenvalue weighted by molar-refractivity contribution is 8.38. The predicted octanol–water partition coefficient (Wildman–Crippen LogP) is 3.30. The Morgan fingerprint density at radius 3 is 2.83 bits per heavy atom. The Hall–Kier alpha value is -0.350. The average Bonchev–Trinajstić information content (AvgIpc) is 2.47. The van der Waals surface area contributed by atoms with Crippen molar-refractivity contribution in [1.82, 2.24) is 0 Å². The quantitative estimate of drug-likeness (QED) is 0.736. The maximum Gasteiger partial charge on any atom is 0.246 e. The Bertz CT molecular complexity index is 268. The molecule has 0 N–H and O–H groups in total. The van der Waals surface area contributed by atoms with Gasteiger partial charge in [0.15, 0.2) is 0 Å². The van der Waals surface area contributed by atoms with E-state index in [0.29, 0.717) is 5.75 Å². The van der Waals surface area contributed by atoms with Crippen molar-refractivity contribution in [3.05, 3.63) is 23.7 Å². The van der Waals surface area contributed by atoms with E-state index in [1.165, 1.54) is 23.5 Å². The fourth-order valence-corrected chi connectivity index (χ4v) is 1.82. The maximum absolute atomic E-state index is 10.9. The van der Waals surface area contributed by atoms with Gasteiger partial charge in [0.1, 0.15) is 11.5 Å². The van der Waals surface area contributed by atoms with Gasteiger partial charge >= 0.3 is 0 Å². The lowest BCUT2D eigenvalue weighted by Gasteiger charge is -1.93. The first-order chi connectivity index (χ1) is 5.72. The van der Waals surface area contributed by atoms with Gasteiger partial charge in [-0.25, -0.2) is 0 Å². The molecule has 0 fully saturated rings. The third kappa shape index (κ3) is 2.95. The lowest BCUT2D eigenvalue weighted by Crippen LogP contribution is -1.80. The van der Waals surface area contributed by atoms with Gasteiger partial charge in [0, 0.05) is 0 Å². The summed E-state index contributed by atoms with van der Waals surface area (Å²) >= 11 is 2.51. The third-order valence-corrected chi connectivity index (χ3v) is 3.15. The zero-order chi connectivity index (χ0) is 8.97. The van der Waals surface area contributed by atoms with Gasteiger partial charge in [-0.1, -0.05) is 23.5 Å². The van der Waals surface area contributed by atoms with Crippen molar-refractivity contribution in [2.45, 2.75) is 12.7 Å². The van der Waals surface area contributed by atoms with E-state index < -0.39 is 0 Å². The van der Waals surface area contributed by atoms with Crippen LogP contribution in [0.3, 0.4) is 0 Å². The molecule has 0 saturated heterocycles. The third-order valence-electron chi connectivity index (χ3n) is 1.29. The van der Waals surface area contributed by atoms with Gasteiger partial charge in [0.2, 0.25) is 4.45 Å². The van der Waals surface area contributed by atoms with E-state index in [-0.39, 0.29) is 4.45 Å². The minimum absolute atomic E-state index is 0.129. The van der Waals surface area contributed by atoms with E-state index in [2.05, 4.69) is 0 Å². The molecule has 66 valence electrons. The Morgan fingerprint density at radius 2 is 2.33 bits per heavy atom. The molecule has 0 spiro atoms. The molecule has 0 amide bonds. The van der Waals surface area contributed by atoms with E-state index in [0.717, 1.165) is 11.5 Å². The molecule has 0 atom stereocenters. The second-order valence-corrected chi connectivity index (χ2v) is 4.24. The minimum Gasteiger partial charge on any atom is -0.465 e. The van der Waals surface area contributed by atoms with Crippen LogP contribution in [0.4, 0.5) is 4.79 Å². The standard InChI is InChI=1S/C8H10O2S2/c1-6-3-4-7(10-6)5-12-8(9)11-2/h3-4H,5H2,1-2H3. The van der Waals surface area contributed by atoms with E-state index in [1.807, 2.05) is 19.1 Å². The summed E-state index contributed by atoms with van der Waals surface area (Å²) in [5.41, 5.74) is 0. The van der Waals surface area contributed by atoms with Crippen LogP contribution in [0.5, 0.6) is 0 Å². The molecule has 0 saturated carbocycles. The molecular formula is C8H10O2S2. The molecule has 1 aromatic rings. The van der Waals surface area contributed by atoms with Gasteiger partial charge in [-0.2, -0.15) is 0 Å². The van der Waals surface area contributed by atoms with Crippen molar-refractivity contribution >= 4 is 28.0 Å². The molecule has 12 heavy (non-hydrogen) atoms.